The van der Waals surface area contributed by atoms with Gasteiger partial charge in [-0.2, -0.15) is 0 Å². The first-order valence-corrected chi connectivity index (χ1v) is 6.58. The van der Waals surface area contributed by atoms with Gasteiger partial charge in [0.1, 0.15) is 5.82 Å². The molecule has 0 aromatic carbocycles. The van der Waals surface area contributed by atoms with Crippen molar-refractivity contribution in [1.82, 2.24) is 4.98 Å². The normalized spacial score (nSPS) is 10.4. The molecule has 0 amide bonds. The third-order valence-corrected chi connectivity index (χ3v) is 5.09. The number of rotatable bonds is 2. The summed E-state index contributed by atoms with van der Waals surface area (Å²) in [6, 6.07) is 2.87. The van der Waals surface area contributed by atoms with Gasteiger partial charge in [-0.15, -0.1) is 11.3 Å². The fraction of sp³-hybridized carbons (Fsp3) is 0. The van der Waals surface area contributed by atoms with E-state index in [-0.39, 0.29) is 11.3 Å². The van der Waals surface area contributed by atoms with Crippen LogP contribution in [-0.4, -0.2) is 10.8 Å². The second-order valence-corrected chi connectivity index (χ2v) is 6.18. The van der Waals surface area contributed by atoms with Crippen LogP contribution in [0.5, 0.6) is 0 Å². The lowest BCUT2D eigenvalue weighted by Gasteiger charge is -1.96. The molecule has 0 aliphatic rings. The lowest BCUT2D eigenvalue weighted by Crippen LogP contribution is -1.99. The Morgan fingerprint density at radius 3 is 2.62 bits per heavy atom. The highest BCUT2D eigenvalue weighted by molar-refractivity contribution is 9.13. The number of hydrogen-bond donors (Lipinski definition) is 0. The highest BCUT2D eigenvalue weighted by Crippen LogP contribution is 2.33. The standard InChI is InChI=1S/C10H4Br2FNOS/c11-7-2-8(16-10(7)12)9(15)5-1-6(13)4-14-3-5/h1-4H. The van der Waals surface area contributed by atoms with Crippen molar-refractivity contribution < 1.29 is 9.18 Å². The van der Waals surface area contributed by atoms with Crippen molar-refractivity contribution in [3.05, 3.63) is 49.0 Å². The van der Waals surface area contributed by atoms with E-state index in [9.17, 15) is 9.18 Å². The lowest BCUT2D eigenvalue weighted by molar-refractivity contribution is 0.104. The Labute approximate surface area is 112 Å². The first kappa shape index (κ1) is 11.9. The van der Waals surface area contributed by atoms with E-state index in [1.807, 2.05) is 0 Å². The summed E-state index contributed by atoms with van der Waals surface area (Å²) in [4.78, 5) is 16.1. The van der Waals surface area contributed by atoms with Gasteiger partial charge in [-0.05, 0) is 44.0 Å². The van der Waals surface area contributed by atoms with Crippen molar-refractivity contribution in [2.24, 2.45) is 0 Å². The molecule has 2 heterocycles. The van der Waals surface area contributed by atoms with Crippen LogP contribution in [0.1, 0.15) is 15.2 Å². The van der Waals surface area contributed by atoms with Crippen molar-refractivity contribution in [3.63, 3.8) is 0 Å². The van der Waals surface area contributed by atoms with Gasteiger partial charge in [0, 0.05) is 16.2 Å². The average molecular weight is 365 g/mol. The van der Waals surface area contributed by atoms with E-state index in [2.05, 4.69) is 36.8 Å². The van der Waals surface area contributed by atoms with Crippen molar-refractivity contribution in [2.45, 2.75) is 0 Å². The quantitative estimate of drug-likeness (QED) is 0.753. The van der Waals surface area contributed by atoms with Crippen molar-refractivity contribution in [3.8, 4) is 0 Å². The minimum absolute atomic E-state index is 0.233. The second kappa shape index (κ2) is 4.73. The summed E-state index contributed by atoms with van der Waals surface area (Å²) in [5.41, 5.74) is 0.251. The first-order chi connectivity index (χ1) is 7.58. The number of nitrogens with zero attached hydrogens (tertiary/aromatic N) is 1. The summed E-state index contributed by atoms with van der Waals surface area (Å²) in [5, 5.41) is 0. The fourth-order valence-corrected chi connectivity index (χ4v) is 3.13. The maximum Gasteiger partial charge on any atom is 0.204 e. The first-order valence-electron chi connectivity index (χ1n) is 4.18. The molecule has 0 radical (unpaired) electrons. The van der Waals surface area contributed by atoms with Gasteiger partial charge in [0.2, 0.25) is 5.78 Å². The van der Waals surface area contributed by atoms with Gasteiger partial charge in [-0.1, -0.05) is 0 Å². The smallest absolute Gasteiger partial charge is 0.204 e. The molecular formula is C10H4Br2FNOS. The van der Waals surface area contributed by atoms with E-state index in [0.29, 0.717) is 4.88 Å². The number of carbonyl (C=O) groups is 1. The van der Waals surface area contributed by atoms with E-state index < -0.39 is 5.82 Å². The molecule has 0 saturated carbocycles. The van der Waals surface area contributed by atoms with Crippen LogP contribution in [0.4, 0.5) is 4.39 Å². The van der Waals surface area contributed by atoms with Gasteiger partial charge in [-0.3, -0.25) is 9.78 Å². The summed E-state index contributed by atoms with van der Waals surface area (Å²) >= 11 is 7.89. The zero-order valence-electron chi connectivity index (χ0n) is 7.71. The van der Waals surface area contributed by atoms with Gasteiger partial charge >= 0.3 is 0 Å². The molecule has 0 bridgehead atoms. The fourth-order valence-electron chi connectivity index (χ4n) is 1.14. The largest absolute Gasteiger partial charge is 0.288 e. The summed E-state index contributed by atoms with van der Waals surface area (Å²) < 4.78 is 14.5. The predicted octanol–water partition coefficient (Wildman–Crippen LogP) is 4.04. The third-order valence-electron chi connectivity index (χ3n) is 1.84. The Morgan fingerprint density at radius 1 is 1.31 bits per heavy atom. The highest BCUT2D eigenvalue weighted by atomic mass is 79.9. The van der Waals surface area contributed by atoms with Crippen LogP contribution in [0.3, 0.4) is 0 Å². The van der Waals surface area contributed by atoms with E-state index >= 15 is 0 Å². The molecule has 16 heavy (non-hydrogen) atoms. The number of pyridine rings is 1. The van der Waals surface area contributed by atoms with Gasteiger partial charge in [0.05, 0.1) is 14.9 Å². The molecule has 0 aliphatic heterocycles. The van der Waals surface area contributed by atoms with Crippen LogP contribution < -0.4 is 0 Å². The molecule has 6 heteroatoms. The molecule has 2 aromatic rings. The Hall–Kier alpha value is -0.590. The number of hydrogen-bond acceptors (Lipinski definition) is 3. The molecular weight excluding hydrogens is 361 g/mol. The number of ketones is 1. The van der Waals surface area contributed by atoms with Crippen LogP contribution in [-0.2, 0) is 0 Å². The van der Waals surface area contributed by atoms with Crippen LogP contribution in [0.2, 0.25) is 0 Å². The van der Waals surface area contributed by atoms with E-state index in [0.717, 1.165) is 14.5 Å². The molecule has 82 valence electrons. The average Bonchev–Trinajstić information content (AvgIpc) is 2.58. The molecule has 0 atom stereocenters. The Kier molecular flexibility index (Phi) is 3.51. The van der Waals surface area contributed by atoms with Crippen molar-refractivity contribution >= 4 is 49.0 Å². The number of halogens is 3. The second-order valence-electron chi connectivity index (χ2n) is 2.95. The van der Waals surface area contributed by atoms with Crippen LogP contribution >= 0.6 is 43.2 Å². The van der Waals surface area contributed by atoms with Crippen LogP contribution in [0, 0.1) is 5.82 Å². The summed E-state index contributed by atoms with van der Waals surface area (Å²) in [6.45, 7) is 0. The van der Waals surface area contributed by atoms with E-state index in [1.165, 1.54) is 23.6 Å². The zero-order valence-corrected chi connectivity index (χ0v) is 11.7. The number of aromatic nitrogens is 1. The molecule has 0 saturated heterocycles. The van der Waals surface area contributed by atoms with Gasteiger partial charge < -0.3 is 0 Å². The number of thiophene rings is 1. The summed E-state index contributed by atoms with van der Waals surface area (Å²) in [7, 11) is 0. The minimum Gasteiger partial charge on any atom is -0.288 e. The highest BCUT2D eigenvalue weighted by Gasteiger charge is 2.14. The molecule has 0 N–H and O–H groups in total. The third kappa shape index (κ3) is 2.39. The molecule has 2 rings (SSSR count). The molecule has 0 spiro atoms. The van der Waals surface area contributed by atoms with Crippen molar-refractivity contribution in [1.29, 1.82) is 0 Å². The molecule has 0 unspecified atom stereocenters. The zero-order chi connectivity index (χ0) is 11.7. The molecule has 0 aliphatic carbocycles. The van der Waals surface area contributed by atoms with Crippen LogP contribution in [0.25, 0.3) is 0 Å². The van der Waals surface area contributed by atoms with E-state index in [4.69, 9.17) is 0 Å². The van der Waals surface area contributed by atoms with E-state index in [1.54, 1.807) is 6.07 Å². The maximum atomic E-state index is 12.9. The van der Waals surface area contributed by atoms with Gasteiger partial charge in [0.15, 0.2) is 0 Å². The molecule has 2 aromatic heterocycles. The molecule has 2 nitrogen and oxygen atoms in total. The Morgan fingerprint density at radius 2 is 2.06 bits per heavy atom. The Balaban J connectivity index is 2.39. The lowest BCUT2D eigenvalue weighted by atomic mass is 10.1. The predicted molar refractivity (Wildman–Crippen MR) is 67.3 cm³/mol. The van der Waals surface area contributed by atoms with Crippen molar-refractivity contribution in [2.75, 3.05) is 0 Å². The van der Waals surface area contributed by atoms with Crippen LogP contribution in [0.15, 0.2) is 32.8 Å². The SMILES string of the molecule is O=C(c1cncc(F)c1)c1cc(Br)c(Br)s1. The Bertz CT molecular complexity index is 536. The summed E-state index contributed by atoms with van der Waals surface area (Å²) in [6.07, 6.45) is 2.42. The monoisotopic (exact) mass is 363 g/mol. The van der Waals surface area contributed by atoms with Gasteiger partial charge in [0.25, 0.3) is 0 Å². The number of carbonyl (C=O) groups excluding carboxylic acids is 1. The topological polar surface area (TPSA) is 30.0 Å². The summed E-state index contributed by atoms with van der Waals surface area (Å²) in [5.74, 6) is -0.746. The minimum atomic E-state index is -0.513. The van der Waals surface area contributed by atoms with Gasteiger partial charge in [-0.25, -0.2) is 4.39 Å². The molecule has 0 fully saturated rings. The maximum absolute atomic E-state index is 12.9.